The molecule has 20 heavy (non-hydrogen) atoms. The van der Waals surface area contributed by atoms with E-state index in [0.717, 1.165) is 12.2 Å². The molecule has 4 nitrogen and oxygen atoms in total. The Morgan fingerprint density at radius 3 is 2.40 bits per heavy atom. The molecule has 0 spiro atoms. The first-order valence-corrected chi connectivity index (χ1v) is 6.52. The fourth-order valence-electron chi connectivity index (χ4n) is 2.10. The Labute approximate surface area is 118 Å². The highest BCUT2D eigenvalue weighted by atomic mass is 16.4. The molecule has 0 aliphatic heterocycles. The van der Waals surface area contributed by atoms with Crippen molar-refractivity contribution in [2.45, 2.75) is 26.9 Å². The predicted molar refractivity (Wildman–Crippen MR) is 77.7 cm³/mol. The number of nitrogens with zero attached hydrogens (tertiary/aromatic N) is 1. The molecule has 0 saturated heterocycles. The van der Waals surface area contributed by atoms with Crippen molar-refractivity contribution < 1.29 is 9.90 Å². The van der Waals surface area contributed by atoms with Gasteiger partial charge in [0.25, 0.3) is 0 Å². The standard InChI is InChI=1S/C16H18N2O2/c1-11-4-3-5-12(2)15(11)10-17-9-14-7-6-13(8-18-14)16(19)20/h3-8,17H,9-10H2,1-2H3,(H,19,20). The van der Waals surface area contributed by atoms with Crippen molar-refractivity contribution in [1.29, 1.82) is 0 Å². The molecule has 2 aromatic rings. The summed E-state index contributed by atoms with van der Waals surface area (Å²) in [7, 11) is 0. The van der Waals surface area contributed by atoms with Crippen molar-refractivity contribution in [3.05, 3.63) is 64.5 Å². The maximum atomic E-state index is 10.7. The number of rotatable bonds is 5. The van der Waals surface area contributed by atoms with Gasteiger partial charge in [-0.2, -0.15) is 0 Å². The van der Waals surface area contributed by atoms with Crippen LogP contribution in [0.3, 0.4) is 0 Å². The summed E-state index contributed by atoms with van der Waals surface area (Å²) in [6.45, 7) is 5.60. The molecule has 4 heteroatoms. The van der Waals surface area contributed by atoms with Crippen LogP contribution in [0.2, 0.25) is 0 Å². The van der Waals surface area contributed by atoms with E-state index in [0.29, 0.717) is 6.54 Å². The first kappa shape index (κ1) is 14.2. The Balaban J connectivity index is 1.94. The monoisotopic (exact) mass is 270 g/mol. The predicted octanol–water partition coefficient (Wildman–Crippen LogP) is 2.69. The van der Waals surface area contributed by atoms with Crippen LogP contribution in [0.5, 0.6) is 0 Å². The van der Waals surface area contributed by atoms with E-state index in [-0.39, 0.29) is 5.56 Å². The van der Waals surface area contributed by atoms with Gasteiger partial charge < -0.3 is 10.4 Å². The zero-order valence-electron chi connectivity index (χ0n) is 11.7. The summed E-state index contributed by atoms with van der Waals surface area (Å²) in [6.07, 6.45) is 1.39. The molecular weight excluding hydrogens is 252 g/mol. The Hall–Kier alpha value is -2.20. The minimum Gasteiger partial charge on any atom is -0.478 e. The highest BCUT2D eigenvalue weighted by Crippen LogP contribution is 2.12. The lowest BCUT2D eigenvalue weighted by Gasteiger charge is -2.10. The van der Waals surface area contributed by atoms with Crippen LogP contribution in [0.15, 0.2) is 36.5 Å². The zero-order chi connectivity index (χ0) is 14.5. The average molecular weight is 270 g/mol. The molecule has 0 aliphatic carbocycles. The fraction of sp³-hybridized carbons (Fsp3) is 0.250. The summed E-state index contributed by atoms with van der Waals surface area (Å²) in [5.41, 5.74) is 4.89. The van der Waals surface area contributed by atoms with E-state index in [1.54, 1.807) is 12.1 Å². The molecule has 0 unspecified atom stereocenters. The lowest BCUT2D eigenvalue weighted by atomic mass is 10.0. The molecule has 1 aromatic heterocycles. The molecule has 0 fully saturated rings. The third-order valence-electron chi connectivity index (χ3n) is 3.32. The number of carboxylic acid groups (broad SMARTS) is 1. The molecule has 1 heterocycles. The molecule has 0 aliphatic rings. The number of benzene rings is 1. The first-order valence-electron chi connectivity index (χ1n) is 6.52. The van der Waals surface area contributed by atoms with Crippen molar-refractivity contribution in [2.75, 3.05) is 0 Å². The van der Waals surface area contributed by atoms with Gasteiger partial charge >= 0.3 is 5.97 Å². The second kappa shape index (κ2) is 6.30. The summed E-state index contributed by atoms with van der Waals surface area (Å²) in [4.78, 5) is 14.9. The number of carbonyl (C=O) groups is 1. The van der Waals surface area contributed by atoms with Crippen LogP contribution in [-0.2, 0) is 13.1 Å². The molecule has 0 bridgehead atoms. The minimum absolute atomic E-state index is 0.212. The number of aryl methyl sites for hydroxylation is 2. The van der Waals surface area contributed by atoms with Gasteiger partial charge in [-0.05, 0) is 42.7 Å². The number of nitrogens with one attached hydrogen (secondary N) is 1. The largest absolute Gasteiger partial charge is 0.478 e. The van der Waals surface area contributed by atoms with Crippen LogP contribution >= 0.6 is 0 Å². The third kappa shape index (κ3) is 3.42. The summed E-state index contributed by atoms with van der Waals surface area (Å²) < 4.78 is 0. The van der Waals surface area contributed by atoms with Gasteiger partial charge in [-0.15, -0.1) is 0 Å². The SMILES string of the molecule is Cc1cccc(C)c1CNCc1ccc(C(=O)O)cn1. The van der Waals surface area contributed by atoms with Crippen LogP contribution in [0.25, 0.3) is 0 Å². The number of aromatic nitrogens is 1. The van der Waals surface area contributed by atoms with Crippen molar-refractivity contribution >= 4 is 5.97 Å². The lowest BCUT2D eigenvalue weighted by Crippen LogP contribution is -2.15. The van der Waals surface area contributed by atoms with Crippen LogP contribution in [0.1, 0.15) is 32.7 Å². The van der Waals surface area contributed by atoms with E-state index in [2.05, 4.69) is 42.3 Å². The molecule has 0 saturated carbocycles. The third-order valence-corrected chi connectivity index (χ3v) is 3.32. The zero-order valence-corrected chi connectivity index (χ0v) is 11.7. The highest BCUT2D eigenvalue weighted by Gasteiger charge is 2.04. The second-order valence-electron chi connectivity index (χ2n) is 4.82. The van der Waals surface area contributed by atoms with Gasteiger partial charge in [-0.25, -0.2) is 4.79 Å². The second-order valence-corrected chi connectivity index (χ2v) is 4.82. The molecule has 1 aromatic carbocycles. The Morgan fingerprint density at radius 1 is 1.15 bits per heavy atom. The van der Waals surface area contributed by atoms with Gasteiger partial charge in [-0.3, -0.25) is 4.98 Å². The number of pyridine rings is 1. The van der Waals surface area contributed by atoms with E-state index < -0.39 is 5.97 Å². The lowest BCUT2D eigenvalue weighted by molar-refractivity contribution is 0.0696. The van der Waals surface area contributed by atoms with E-state index in [9.17, 15) is 4.79 Å². The number of hydrogen-bond donors (Lipinski definition) is 2. The molecule has 104 valence electrons. The average Bonchev–Trinajstić information content (AvgIpc) is 2.42. The van der Waals surface area contributed by atoms with Crippen molar-refractivity contribution in [1.82, 2.24) is 10.3 Å². The Bertz CT molecular complexity index is 586. The smallest absolute Gasteiger partial charge is 0.337 e. The highest BCUT2D eigenvalue weighted by molar-refractivity contribution is 5.87. The van der Waals surface area contributed by atoms with E-state index >= 15 is 0 Å². The first-order chi connectivity index (χ1) is 9.58. The van der Waals surface area contributed by atoms with Gasteiger partial charge in [0.15, 0.2) is 0 Å². The fourth-order valence-corrected chi connectivity index (χ4v) is 2.10. The normalized spacial score (nSPS) is 10.5. The maximum Gasteiger partial charge on any atom is 0.337 e. The molecule has 0 atom stereocenters. The molecule has 0 amide bonds. The van der Waals surface area contributed by atoms with Gasteiger partial charge in [0.05, 0.1) is 11.3 Å². The van der Waals surface area contributed by atoms with E-state index in [4.69, 9.17) is 5.11 Å². The van der Waals surface area contributed by atoms with Crippen molar-refractivity contribution in [3.63, 3.8) is 0 Å². The topological polar surface area (TPSA) is 62.2 Å². The van der Waals surface area contributed by atoms with Crippen molar-refractivity contribution in [3.8, 4) is 0 Å². The van der Waals surface area contributed by atoms with Gasteiger partial charge in [0, 0.05) is 19.3 Å². The van der Waals surface area contributed by atoms with Gasteiger partial charge in [0.2, 0.25) is 0 Å². The van der Waals surface area contributed by atoms with Crippen molar-refractivity contribution in [2.24, 2.45) is 0 Å². The van der Waals surface area contributed by atoms with Crippen LogP contribution in [0.4, 0.5) is 0 Å². The molecule has 2 rings (SSSR count). The molecule has 0 radical (unpaired) electrons. The summed E-state index contributed by atoms with van der Waals surface area (Å²) in [5.74, 6) is -0.951. The van der Waals surface area contributed by atoms with E-state index in [1.807, 2.05) is 0 Å². The minimum atomic E-state index is -0.951. The quantitative estimate of drug-likeness (QED) is 0.877. The summed E-state index contributed by atoms with van der Waals surface area (Å²) in [6, 6.07) is 9.57. The van der Waals surface area contributed by atoms with Gasteiger partial charge in [0.1, 0.15) is 0 Å². The van der Waals surface area contributed by atoms with Gasteiger partial charge in [-0.1, -0.05) is 18.2 Å². The van der Waals surface area contributed by atoms with Crippen LogP contribution < -0.4 is 5.32 Å². The maximum absolute atomic E-state index is 10.7. The molecule has 2 N–H and O–H groups in total. The molecular formula is C16H18N2O2. The van der Waals surface area contributed by atoms with Crippen LogP contribution in [-0.4, -0.2) is 16.1 Å². The number of carboxylic acids is 1. The number of hydrogen-bond acceptors (Lipinski definition) is 3. The van der Waals surface area contributed by atoms with E-state index in [1.165, 1.54) is 22.9 Å². The Morgan fingerprint density at radius 2 is 1.85 bits per heavy atom. The summed E-state index contributed by atoms with van der Waals surface area (Å²) >= 11 is 0. The Kier molecular flexibility index (Phi) is 4.48. The number of aromatic carboxylic acids is 1. The van der Waals surface area contributed by atoms with Crippen LogP contribution in [0, 0.1) is 13.8 Å². The summed E-state index contributed by atoms with van der Waals surface area (Å²) in [5, 5.41) is 12.1.